The van der Waals surface area contributed by atoms with Crippen LogP contribution in [0, 0.1) is 13.8 Å². The normalized spacial score (nSPS) is 10.7. The van der Waals surface area contributed by atoms with Crippen LogP contribution in [-0.4, -0.2) is 23.7 Å². The van der Waals surface area contributed by atoms with E-state index >= 15 is 0 Å². The van der Waals surface area contributed by atoms with Crippen LogP contribution >= 0.6 is 15.9 Å². The smallest absolute Gasteiger partial charge is 0.277 e. The van der Waals surface area contributed by atoms with Crippen LogP contribution in [0.2, 0.25) is 0 Å². The van der Waals surface area contributed by atoms with Gasteiger partial charge in [-0.05, 0) is 49.2 Å². The number of ether oxygens (including phenoxy) is 1. The van der Waals surface area contributed by atoms with E-state index in [2.05, 4.69) is 31.4 Å². The molecular formula is C16H16BrN3O2. The lowest BCUT2D eigenvalue weighted by molar-refractivity contribution is -0.123. The van der Waals surface area contributed by atoms with Gasteiger partial charge in [-0.2, -0.15) is 5.10 Å². The molecule has 2 rings (SSSR count). The summed E-state index contributed by atoms with van der Waals surface area (Å²) in [6.45, 7) is 3.78. The maximum absolute atomic E-state index is 11.7. The van der Waals surface area contributed by atoms with Gasteiger partial charge in [0.05, 0.1) is 11.9 Å². The monoisotopic (exact) mass is 361 g/mol. The van der Waals surface area contributed by atoms with Gasteiger partial charge in [-0.15, -0.1) is 0 Å². The number of pyridine rings is 1. The molecule has 114 valence electrons. The van der Waals surface area contributed by atoms with E-state index in [1.54, 1.807) is 12.3 Å². The van der Waals surface area contributed by atoms with Gasteiger partial charge in [0.2, 0.25) is 0 Å². The zero-order valence-electron chi connectivity index (χ0n) is 12.3. The molecule has 0 unspecified atom stereocenters. The highest BCUT2D eigenvalue weighted by molar-refractivity contribution is 9.10. The molecule has 0 spiro atoms. The SMILES string of the molecule is Cc1cc(Br)cc(C)c1OCC(=O)N/N=C\c1ccccn1. The van der Waals surface area contributed by atoms with Crippen molar-refractivity contribution in [3.63, 3.8) is 0 Å². The van der Waals surface area contributed by atoms with Gasteiger partial charge in [-0.25, -0.2) is 5.43 Å². The standard InChI is InChI=1S/C16H16BrN3O2/c1-11-7-13(17)8-12(2)16(11)22-10-15(21)20-19-9-14-5-3-4-6-18-14/h3-9H,10H2,1-2H3,(H,20,21)/b19-9-. The van der Waals surface area contributed by atoms with Gasteiger partial charge in [0.25, 0.3) is 5.91 Å². The molecular weight excluding hydrogens is 346 g/mol. The van der Waals surface area contributed by atoms with Gasteiger partial charge in [-0.1, -0.05) is 22.0 Å². The number of nitrogens with one attached hydrogen (secondary N) is 1. The predicted molar refractivity (Wildman–Crippen MR) is 89.1 cm³/mol. The fourth-order valence-electron chi connectivity index (χ4n) is 1.92. The van der Waals surface area contributed by atoms with Crippen LogP contribution in [0.25, 0.3) is 0 Å². The average molecular weight is 362 g/mol. The van der Waals surface area contributed by atoms with Crippen LogP contribution in [0.3, 0.4) is 0 Å². The van der Waals surface area contributed by atoms with Crippen molar-refractivity contribution in [2.24, 2.45) is 5.10 Å². The summed E-state index contributed by atoms with van der Waals surface area (Å²) >= 11 is 3.42. The number of benzene rings is 1. The van der Waals surface area contributed by atoms with E-state index in [1.165, 1.54) is 6.21 Å². The van der Waals surface area contributed by atoms with Crippen LogP contribution in [-0.2, 0) is 4.79 Å². The Morgan fingerprint density at radius 3 is 2.73 bits per heavy atom. The average Bonchev–Trinajstić information content (AvgIpc) is 2.47. The highest BCUT2D eigenvalue weighted by Crippen LogP contribution is 2.27. The maximum Gasteiger partial charge on any atom is 0.277 e. The first-order valence-electron chi connectivity index (χ1n) is 6.69. The molecule has 1 amide bonds. The lowest BCUT2D eigenvalue weighted by Gasteiger charge is -2.11. The molecule has 0 atom stereocenters. The number of aromatic nitrogens is 1. The third-order valence-corrected chi connectivity index (χ3v) is 3.30. The maximum atomic E-state index is 11.7. The summed E-state index contributed by atoms with van der Waals surface area (Å²) in [5.74, 6) is 0.390. The van der Waals surface area contributed by atoms with Gasteiger partial charge in [0, 0.05) is 10.7 Å². The van der Waals surface area contributed by atoms with Crippen molar-refractivity contribution in [3.8, 4) is 5.75 Å². The van der Waals surface area contributed by atoms with Crippen molar-refractivity contribution < 1.29 is 9.53 Å². The lowest BCUT2D eigenvalue weighted by Crippen LogP contribution is -2.25. The molecule has 2 aromatic rings. The third kappa shape index (κ3) is 4.66. The van der Waals surface area contributed by atoms with Gasteiger partial charge in [0.15, 0.2) is 6.61 Å². The van der Waals surface area contributed by atoms with E-state index < -0.39 is 0 Å². The molecule has 6 heteroatoms. The second-order valence-corrected chi connectivity index (χ2v) is 5.62. The topological polar surface area (TPSA) is 63.6 Å². The molecule has 0 aliphatic carbocycles. The van der Waals surface area contributed by atoms with E-state index in [9.17, 15) is 4.79 Å². The Morgan fingerprint density at radius 2 is 2.09 bits per heavy atom. The number of hydrogen-bond donors (Lipinski definition) is 1. The Balaban J connectivity index is 1.87. The zero-order chi connectivity index (χ0) is 15.9. The van der Waals surface area contributed by atoms with Gasteiger partial charge in [0.1, 0.15) is 5.75 Å². The molecule has 1 heterocycles. The molecule has 0 aliphatic rings. The predicted octanol–water partition coefficient (Wildman–Crippen LogP) is 2.99. The summed E-state index contributed by atoms with van der Waals surface area (Å²) in [6.07, 6.45) is 3.14. The molecule has 0 bridgehead atoms. The van der Waals surface area contributed by atoms with Crippen molar-refractivity contribution in [1.29, 1.82) is 0 Å². The minimum absolute atomic E-state index is 0.0944. The lowest BCUT2D eigenvalue weighted by atomic mass is 10.1. The first-order chi connectivity index (χ1) is 10.6. The first kappa shape index (κ1) is 16.2. The summed E-state index contributed by atoms with van der Waals surface area (Å²) in [6, 6.07) is 9.34. The van der Waals surface area contributed by atoms with E-state index in [4.69, 9.17) is 4.74 Å². The minimum Gasteiger partial charge on any atom is -0.483 e. The highest BCUT2D eigenvalue weighted by atomic mass is 79.9. The molecule has 22 heavy (non-hydrogen) atoms. The molecule has 1 aromatic carbocycles. The number of amides is 1. The minimum atomic E-state index is -0.325. The molecule has 1 N–H and O–H groups in total. The fourth-order valence-corrected chi connectivity index (χ4v) is 2.60. The Kier molecular flexibility index (Phi) is 5.66. The number of hydrogen-bond acceptors (Lipinski definition) is 4. The summed E-state index contributed by atoms with van der Waals surface area (Å²) in [5, 5.41) is 3.84. The van der Waals surface area contributed by atoms with E-state index in [0.29, 0.717) is 11.4 Å². The van der Waals surface area contributed by atoms with Crippen LogP contribution in [0.1, 0.15) is 16.8 Å². The number of rotatable bonds is 5. The number of nitrogens with zero attached hydrogens (tertiary/aromatic N) is 2. The summed E-state index contributed by atoms with van der Waals surface area (Å²) in [7, 11) is 0. The Bertz CT molecular complexity index is 664. The number of halogens is 1. The first-order valence-corrected chi connectivity index (χ1v) is 7.48. The van der Waals surface area contributed by atoms with Crippen molar-refractivity contribution >= 4 is 28.1 Å². The van der Waals surface area contributed by atoms with Crippen molar-refractivity contribution in [2.45, 2.75) is 13.8 Å². The van der Waals surface area contributed by atoms with Gasteiger partial charge >= 0.3 is 0 Å². The molecule has 0 saturated carbocycles. The summed E-state index contributed by atoms with van der Waals surface area (Å²) in [5.41, 5.74) is 5.02. The molecule has 5 nitrogen and oxygen atoms in total. The Morgan fingerprint density at radius 1 is 1.36 bits per heavy atom. The van der Waals surface area contributed by atoms with E-state index in [-0.39, 0.29) is 12.5 Å². The van der Waals surface area contributed by atoms with Crippen molar-refractivity contribution in [3.05, 3.63) is 57.8 Å². The van der Waals surface area contributed by atoms with Gasteiger partial charge in [-0.3, -0.25) is 9.78 Å². The van der Waals surface area contributed by atoms with Crippen molar-refractivity contribution in [2.75, 3.05) is 6.61 Å². The Hall–Kier alpha value is -2.21. The number of aryl methyl sites for hydroxylation is 2. The highest BCUT2D eigenvalue weighted by Gasteiger charge is 2.08. The molecule has 0 radical (unpaired) electrons. The van der Waals surface area contributed by atoms with Crippen LogP contribution in [0.15, 0.2) is 46.1 Å². The summed E-state index contributed by atoms with van der Waals surface area (Å²) < 4.78 is 6.55. The van der Waals surface area contributed by atoms with Gasteiger partial charge < -0.3 is 4.74 Å². The van der Waals surface area contributed by atoms with E-state index in [0.717, 1.165) is 15.6 Å². The molecule has 1 aromatic heterocycles. The summed E-state index contributed by atoms with van der Waals surface area (Å²) in [4.78, 5) is 15.8. The fraction of sp³-hybridized carbons (Fsp3) is 0.188. The third-order valence-electron chi connectivity index (χ3n) is 2.85. The molecule has 0 saturated heterocycles. The quantitative estimate of drug-likeness (QED) is 0.657. The molecule has 0 aliphatic heterocycles. The Labute approximate surface area is 137 Å². The molecule has 0 fully saturated rings. The van der Waals surface area contributed by atoms with Crippen LogP contribution in [0.5, 0.6) is 5.75 Å². The number of carbonyl (C=O) groups excluding carboxylic acids is 1. The largest absolute Gasteiger partial charge is 0.483 e. The number of carbonyl (C=O) groups is 1. The van der Waals surface area contributed by atoms with Crippen LogP contribution in [0.4, 0.5) is 0 Å². The second-order valence-electron chi connectivity index (χ2n) is 4.71. The zero-order valence-corrected chi connectivity index (χ0v) is 13.9. The second kappa shape index (κ2) is 7.70. The van der Waals surface area contributed by atoms with Crippen molar-refractivity contribution in [1.82, 2.24) is 10.4 Å². The number of hydrazone groups is 1. The van der Waals surface area contributed by atoms with E-state index in [1.807, 2.05) is 38.1 Å². The van der Waals surface area contributed by atoms with Crippen LogP contribution < -0.4 is 10.2 Å².